The van der Waals surface area contributed by atoms with Crippen LogP contribution in [-0.2, 0) is 0 Å². The number of ether oxygens (including phenoxy) is 1. The van der Waals surface area contributed by atoms with Crippen molar-refractivity contribution in [3.63, 3.8) is 0 Å². The van der Waals surface area contributed by atoms with Crippen molar-refractivity contribution in [2.75, 3.05) is 6.61 Å². The first-order chi connectivity index (χ1) is 11.0. The molecule has 0 heterocycles. The van der Waals surface area contributed by atoms with E-state index >= 15 is 0 Å². The zero-order chi connectivity index (χ0) is 16.8. The molecule has 5 nitrogen and oxygen atoms in total. The second-order valence-electron chi connectivity index (χ2n) is 4.47. The fraction of sp³-hybridized carbons (Fsp3) is 0.125. The van der Waals surface area contributed by atoms with Crippen molar-refractivity contribution < 1.29 is 14.3 Å². The average molecular weight is 398 g/mol. The van der Waals surface area contributed by atoms with Gasteiger partial charge < -0.3 is 4.74 Å². The lowest BCUT2D eigenvalue weighted by atomic mass is 10.2. The molecule has 2 aromatic rings. The van der Waals surface area contributed by atoms with E-state index in [1.807, 2.05) is 6.92 Å². The van der Waals surface area contributed by atoms with Gasteiger partial charge in [0, 0.05) is 5.56 Å². The van der Waals surface area contributed by atoms with Crippen molar-refractivity contribution in [1.29, 1.82) is 0 Å². The quantitative estimate of drug-likeness (QED) is 0.775. The normalized spacial score (nSPS) is 10.0. The van der Waals surface area contributed by atoms with Crippen LogP contribution in [0.5, 0.6) is 5.75 Å². The zero-order valence-electron chi connectivity index (χ0n) is 12.2. The van der Waals surface area contributed by atoms with E-state index in [2.05, 4.69) is 26.8 Å². The van der Waals surface area contributed by atoms with Gasteiger partial charge in [-0.2, -0.15) is 0 Å². The summed E-state index contributed by atoms with van der Waals surface area (Å²) in [7, 11) is 0. The van der Waals surface area contributed by atoms with E-state index in [4.69, 9.17) is 16.3 Å². The third-order valence-electron chi connectivity index (χ3n) is 2.90. The summed E-state index contributed by atoms with van der Waals surface area (Å²) in [6.45, 7) is 2.40. The van der Waals surface area contributed by atoms with Crippen LogP contribution >= 0.6 is 27.5 Å². The number of benzene rings is 2. The van der Waals surface area contributed by atoms with E-state index in [1.54, 1.807) is 42.5 Å². The van der Waals surface area contributed by atoms with Gasteiger partial charge in [0.25, 0.3) is 11.8 Å². The van der Waals surface area contributed by atoms with Gasteiger partial charge in [-0.05, 0) is 53.2 Å². The maximum atomic E-state index is 12.1. The minimum absolute atomic E-state index is 0.280. The predicted octanol–water partition coefficient (Wildman–Crippen LogP) is 3.58. The monoisotopic (exact) mass is 396 g/mol. The summed E-state index contributed by atoms with van der Waals surface area (Å²) in [5, 5.41) is 0.308. The average Bonchev–Trinajstić information content (AvgIpc) is 2.54. The summed E-state index contributed by atoms with van der Waals surface area (Å²) in [6, 6.07) is 11.5. The maximum Gasteiger partial charge on any atom is 0.271 e. The summed E-state index contributed by atoms with van der Waals surface area (Å²) < 4.78 is 6.03. The van der Waals surface area contributed by atoms with Crippen LogP contribution in [0.2, 0.25) is 5.02 Å². The Hall–Kier alpha value is -2.05. The number of amides is 2. The molecule has 120 valence electrons. The summed E-state index contributed by atoms with van der Waals surface area (Å²) in [6.07, 6.45) is 0. The van der Waals surface area contributed by atoms with E-state index in [1.165, 1.54) is 0 Å². The molecule has 2 amide bonds. The number of carbonyl (C=O) groups excluding carboxylic acids is 2. The van der Waals surface area contributed by atoms with Crippen LogP contribution in [-0.4, -0.2) is 18.4 Å². The number of nitrogens with one attached hydrogen (secondary N) is 2. The Balaban J connectivity index is 2.01. The lowest BCUT2D eigenvalue weighted by Gasteiger charge is -2.10. The molecule has 0 aliphatic rings. The van der Waals surface area contributed by atoms with Crippen LogP contribution in [0.1, 0.15) is 27.6 Å². The second kappa shape index (κ2) is 7.99. The molecule has 2 aromatic carbocycles. The van der Waals surface area contributed by atoms with Crippen molar-refractivity contribution in [3.05, 3.63) is 63.1 Å². The molecule has 0 aliphatic carbocycles. The minimum Gasteiger partial charge on any atom is -0.493 e. The van der Waals surface area contributed by atoms with Gasteiger partial charge in [-0.15, -0.1) is 0 Å². The van der Waals surface area contributed by atoms with E-state index in [-0.39, 0.29) is 5.56 Å². The van der Waals surface area contributed by atoms with Crippen molar-refractivity contribution in [1.82, 2.24) is 10.9 Å². The lowest BCUT2D eigenvalue weighted by Crippen LogP contribution is -2.41. The highest BCUT2D eigenvalue weighted by atomic mass is 79.9. The summed E-state index contributed by atoms with van der Waals surface area (Å²) in [5.41, 5.74) is 5.33. The fourth-order valence-corrected chi connectivity index (χ4v) is 2.53. The number of carbonyl (C=O) groups is 2. The highest BCUT2D eigenvalue weighted by Crippen LogP contribution is 2.25. The molecule has 0 atom stereocenters. The Morgan fingerprint density at radius 3 is 2.48 bits per heavy atom. The first-order valence-corrected chi connectivity index (χ1v) is 7.97. The lowest BCUT2D eigenvalue weighted by molar-refractivity contribution is 0.0846. The van der Waals surface area contributed by atoms with Crippen LogP contribution in [0.4, 0.5) is 0 Å². The molecule has 0 spiro atoms. The van der Waals surface area contributed by atoms with Gasteiger partial charge in [0.15, 0.2) is 0 Å². The Morgan fingerprint density at radius 1 is 1.13 bits per heavy atom. The summed E-state index contributed by atoms with van der Waals surface area (Å²) >= 11 is 9.26. The third kappa shape index (κ3) is 4.46. The molecule has 0 fully saturated rings. The molecule has 0 unspecified atom stereocenters. The zero-order valence-corrected chi connectivity index (χ0v) is 14.6. The van der Waals surface area contributed by atoms with Crippen LogP contribution in [0.25, 0.3) is 0 Å². The summed E-state index contributed by atoms with van der Waals surface area (Å²) in [4.78, 5) is 24.0. The molecule has 2 rings (SSSR count). The summed E-state index contributed by atoms with van der Waals surface area (Å²) in [5.74, 6) is -0.299. The molecule has 0 aromatic heterocycles. The van der Waals surface area contributed by atoms with E-state index in [9.17, 15) is 9.59 Å². The second-order valence-corrected chi connectivity index (χ2v) is 5.73. The molecular formula is C16H14BrClN2O3. The van der Waals surface area contributed by atoms with Gasteiger partial charge in [-0.3, -0.25) is 20.4 Å². The number of hydrogen-bond acceptors (Lipinski definition) is 3. The Kier molecular flexibility index (Phi) is 6.01. The first kappa shape index (κ1) is 17.3. The highest BCUT2D eigenvalue weighted by Gasteiger charge is 2.12. The number of halogens is 2. The van der Waals surface area contributed by atoms with Gasteiger partial charge in [0.05, 0.1) is 21.7 Å². The van der Waals surface area contributed by atoms with Gasteiger partial charge in [0.2, 0.25) is 0 Å². The van der Waals surface area contributed by atoms with Crippen molar-refractivity contribution in [2.45, 2.75) is 6.92 Å². The molecule has 0 saturated heterocycles. The molecule has 7 heteroatoms. The predicted molar refractivity (Wildman–Crippen MR) is 91.7 cm³/mol. The molecule has 0 radical (unpaired) electrons. The van der Waals surface area contributed by atoms with Crippen LogP contribution in [0, 0.1) is 0 Å². The molecule has 0 aliphatic heterocycles. The largest absolute Gasteiger partial charge is 0.493 e. The van der Waals surface area contributed by atoms with Gasteiger partial charge >= 0.3 is 0 Å². The Bertz CT molecular complexity index is 737. The SMILES string of the molecule is CCOc1ccc(C(=O)NNC(=O)c2ccccc2Cl)cc1Br. The third-order valence-corrected chi connectivity index (χ3v) is 3.85. The van der Waals surface area contributed by atoms with Crippen LogP contribution in [0.15, 0.2) is 46.9 Å². The van der Waals surface area contributed by atoms with Crippen molar-refractivity contribution in [2.24, 2.45) is 0 Å². The van der Waals surface area contributed by atoms with Crippen molar-refractivity contribution in [3.8, 4) is 5.75 Å². The molecule has 2 N–H and O–H groups in total. The molecule has 0 bridgehead atoms. The smallest absolute Gasteiger partial charge is 0.271 e. The van der Waals surface area contributed by atoms with Crippen molar-refractivity contribution >= 4 is 39.3 Å². The number of rotatable bonds is 4. The Morgan fingerprint density at radius 2 is 1.83 bits per heavy atom. The Labute approximate surface area is 147 Å². The number of hydrazine groups is 1. The van der Waals surface area contributed by atoms with Crippen LogP contribution < -0.4 is 15.6 Å². The van der Waals surface area contributed by atoms with Crippen LogP contribution in [0.3, 0.4) is 0 Å². The maximum absolute atomic E-state index is 12.1. The van der Waals surface area contributed by atoms with Gasteiger partial charge in [-0.25, -0.2) is 0 Å². The van der Waals surface area contributed by atoms with Gasteiger partial charge in [-0.1, -0.05) is 23.7 Å². The number of hydrogen-bond donors (Lipinski definition) is 2. The van der Waals surface area contributed by atoms with Gasteiger partial charge in [0.1, 0.15) is 5.75 Å². The fourth-order valence-electron chi connectivity index (χ4n) is 1.81. The topological polar surface area (TPSA) is 67.4 Å². The van der Waals surface area contributed by atoms with E-state index < -0.39 is 11.8 Å². The molecular weight excluding hydrogens is 384 g/mol. The van der Waals surface area contributed by atoms with E-state index in [0.717, 1.165) is 0 Å². The molecule has 23 heavy (non-hydrogen) atoms. The standard InChI is InChI=1S/C16H14BrClN2O3/c1-2-23-14-8-7-10(9-12(14)17)15(21)19-20-16(22)11-5-3-4-6-13(11)18/h3-9H,2H2,1H3,(H,19,21)(H,20,22). The van der Waals surface area contributed by atoms with E-state index in [0.29, 0.717) is 27.4 Å². The molecule has 0 saturated carbocycles. The minimum atomic E-state index is -0.492. The first-order valence-electron chi connectivity index (χ1n) is 6.80. The highest BCUT2D eigenvalue weighted by molar-refractivity contribution is 9.10.